The molecule has 4 nitrogen and oxygen atoms in total. The van der Waals surface area contributed by atoms with Gasteiger partial charge in [0, 0.05) is 12.5 Å². The van der Waals surface area contributed by atoms with E-state index in [1.807, 2.05) is 0 Å². The van der Waals surface area contributed by atoms with Crippen molar-refractivity contribution in [3.63, 3.8) is 0 Å². The number of rotatable bonds is 2. The van der Waals surface area contributed by atoms with E-state index in [0.717, 1.165) is 12.5 Å². The Kier molecular flexibility index (Phi) is 2.27. The molecule has 0 aliphatic rings. The van der Waals surface area contributed by atoms with Crippen LogP contribution in [0, 0.1) is 0 Å². The molecular weight excluding hydrogens is 176 g/mol. The van der Waals surface area contributed by atoms with Crippen molar-refractivity contribution in [1.29, 1.82) is 0 Å². The lowest BCUT2D eigenvalue weighted by Gasteiger charge is -1.96. The van der Waals surface area contributed by atoms with Gasteiger partial charge < -0.3 is 0 Å². The Bertz CT molecular complexity index is 297. The van der Waals surface area contributed by atoms with Crippen LogP contribution in [0.5, 0.6) is 0 Å². The first kappa shape index (κ1) is 9.64. The van der Waals surface area contributed by atoms with Crippen LogP contribution in [0.4, 0.5) is 0 Å². The summed E-state index contributed by atoms with van der Waals surface area (Å²) in [4.78, 5) is 0. The van der Waals surface area contributed by atoms with E-state index in [-0.39, 0.29) is 0 Å². The van der Waals surface area contributed by atoms with Crippen molar-refractivity contribution in [2.75, 3.05) is 12.5 Å². The molecule has 0 atom stereocenters. The van der Waals surface area contributed by atoms with Crippen molar-refractivity contribution in [1.82, 2.24) is 0 Å². The molecule has 0 aromatic heterocycles. The lowest BCUT2D eigenvalue weighted by molar-refractivity contribution is 0.601. The average Bonchev–Trinajstić information content (AvgIpc) is 1.59. The Balaban J connectivity index is 5.16. The van der Waals surface area contributed by atoms with E-state index in [9.17, 15) is 16.8 Å². The van der Waals surface area contributed by atoms with Gasteiger partial charge in [0.2, 0.25) is 0 Å². The highest BCUT2D eigenvalue weighted by Crippen LogP contribution is 2.07. The molecule has 0 bridgehead atoms. The smallest absolute Gasteiger partial charge is 0.185 e. The largest absolute Gasteiger partial charge is 0.223 e. The zero-order valence-electron chi connectivity index (χ0n) is 5.66. The van der Waals surface area contributed by atoms with Gasteiger partial charge in [-0.15, -0.1) is 0 Å². The zero-order chi connectivity index (χ0) is 8.58. The summed E-state index contributed by atoms with van der Waals surface area (Å²) in [5.74, 6) is 0. The molecule has 0 saturated carbocycles. The Hall–Kier alpha value is -0.360. The van der Waals surface area contributed by atoms with Crippen molar-refractivity contribution in [2.24, 2.45) is 0 Å². The topological polar surface area (TPSA) is 68.3 Å². The van der Waals surface area contributed by atoms with Crippen LogP contribution >= 0.6 is 0 Å². The minimum absolute atomic E-state index is 0.736. The van der Waals surface area contributed by atoms with Crippen molar-refractivity contribution in [2.45, 2.75) is 0 Å². The number of sulfone groups is 2. The third-order valence-electron chi connectivity index (χ3n) is 0.827. The summed E-state index contributed by atoms with van der Waals surface area (Å²) in [7, 11) is -7.29. The van der Waals surface area contributed by atoms with Crippen molar-refractivity contribution in [3.8, 4) is 0 Å². The minimum atomic E-state index is -3.64. The highest BCUT2D eigenvalue weighted by molar-refractivity contribution is 8.13. The summed E-state index contributed by atoms with van der Waals surface area (Å²) < 4.78 is 41.3. The molecule has 0 aliphatic heterocycles. The molecule has 0 rings (SSSR count). The van der Waals surface area contributed by atoms with Gasteiger partial charge in [0.25, 0.3) is 0 Å². The first-order valence-electron chi connectivity index (χ1n) is 2.24. The maximum atomic E-state index is 10.5. The van der Waals surface area contributed by atoms with E-state index in [1.165, 1.54) is 0 Å². The van der Waals surface area contributed by atoms with Crippen LogP contribution in [-0.2, 0) is 19.7 Å². The van der Waals surface area contributed by atoms with Crippen molar-refractivity contribution < 1.29 is 16.8 Å². The summed E-state index contributed by atoms with van der Waals surface area (Å²) in [6.07, 6.45) is 1.60. The van der Waals surface area contributed by atoms with Crippen LogP contribution in [-0.4, -0.2) is 29.3 Å². The summed E-state index contributed by atoms with van der Waals surface area (Å²) in [5, 5.41) is 0. The standard InChI is InChI=1S/C4H8O4S2/c1-4(9(2,5)6)10(3,7)8/h1H2,2-3H3. The lowest BCUT2D eigenvalue weighted by Crippen LogP contribution is -2.09. The molecule has 0 unspecified atom stereocenters. The van der Waals surface area contributed by atoms with Crippen molar-refractivity contribution >= 4 is 19.7 Å². The second-order valence-corrected chi connectivity index (χ2v) is 6.25. The van der Waals surface area contributed by atoms with Gasteiger partial charge in [0.05, 0.1) is 0 Å². The molecule has 0 spiro atoms. The average molecular weight is 184 g/mol. The Labute approximate surface area is 60.4 Å². The van der Waals surface area contributed by atoms with Gasteiger partial charge in [-0.05, 0) is 0 Å². The maximum absolute atomic E-state index is 10.5. The predicted molar refractivity (Wildman–Crippen MR) is 38.8 cm³/mol. The highest BCUT2D eigenvalue weighted by Gasteiger charge is 2.18. The molecule has 0 aliphatic carbocycles. The van der Waals surface area contributed by atoms with Crippen LogP contribution in [0.15, 0.2) is 10.8 Å². The summed E-state index contributed by atoms with van der Waals surface area (Å²) in [5.41, 5.74) is 0. The monoisotopic (exact) mass is 184 g/mol. The molecule has 0 radical (unpaired) electrons. The van der Waals surface area contributed by atoms with E-state index < -0.39 is 23.9 Å². The lowest BCUT2D eigenvalue weighted by atomic mass is 11.3. The van der Waals surface area contributed by atoms with Crippen LogP contribution in [0.3, 0.4) is 0 Å². The Morgan fingerprint density at radius 1 is 1.00 bits per heavy atom. The van der Waals surface area contributed by atoms with E-state index in [4.69, 9.17) is 0 Å². The highest BCUT2D eigenvalue weighted by atomic mass is 32.3. The van der Waals surface area contributed by atoms with Crippen LogP contribution in [0.25, 0.3) is 0 Å². The van der Waals surface area contributed by atoms with Gasteiger partial charge in [0.1, 0.15) is 0 Å². The molecule has 0 fully saturated rings. The number of hydrogen-bond donors (Lipinski definition) is 0. The molecule has 0 aromatic rings. The van der Waals surface area contributed by atoms with Crippen LogP contribution in [0.1, 0.15) is 0 Å². The van der Waals surface area contributed by atoms with Gasteiger partial charge in [0.15, 0.2) is 23.9 Å². The second-order valence-electron chi connectivity index (χ2n) is 1.92. The van der Waals surface area contributed by atoms with Gasteiger partial charge >= 0.3 is 0 Å². The fourth-order valence-corrected chi connectivity index (χ4v) is 2.47. The van der Waals surface area contributed by atoms with Crippen molar-refractivity contribution in [3.05, 3.63) is 10.8 Å². The third-order valence-corrected chi connectivity index (χ3v) is 4.30. The molecule has 0 amide bonds. The van der Waals surface area contributed by atoms with Crippen LogP contribution in [0.2, 0.25) is 0 Å². The second kappa shape index (κ2) is 2.35. The molecule has 6 heteroatoms. The zero-order valence-corrected chi connectivity index (χ0v) is 7.29. The quantitative estimate of drug-likeness (QED) is 0.582. The summed E-state index contributed by atoms with van der Waals surface area (Å²) in [6.45, 7) is 2.92. The molecular formula is C4H8O4S2. The molecule has 10 heavy (non-hydrogen) atoms. The first-order valence-corrected chi connectivity index (χ1v) is 6.03. The normalized spacial score (nSPS) is 13.0. The van der Waals surface area contributed by atoms with Gasteiger partial charge in [-0.25, -0.2) is 16.8 Å². The van der Waals surface area contributed by atoms with Crippen LogP contribution < -0.4 is 0 Å². The fraction of sp³-hybridized carbons (Fsp3) is 0.500. The van der Waals surface area contributed by atoms with E-state index in [2.05, 4.69) is 6.58 Å². The van der Waals surface area contributed by atoms with Gasteiger partial charge in [-0.3, -0.25) is 0 Å². The predicted octanol–water partition coefficient (Wildman–Crippen LogP) is -0.453. The summed E-state index contributed by atoms with van der Waals surface area (Å²) >= 11 is 0. The van der Waals surface area contributed by atoms with Gasteiger partial charge in [-0.1, -0.05) is 6.58 Å². The number of hydrogen-bond acceptors (Lipinski definition) is 4. The SMILES string of the molecule is C=C(S(C)(=O)=O)S(C)(=O)=O. The molecule has 0 saturated heterocycles. The van der Waals surface area contributed by atoms with Gasteiger partial charge in [-0.2, -0.15) is 0 Å². The molecule has 60 valence electrons. The molecule has 0 heterocycles. The fourth-order valence-electron chi connectivity index (χ4n) is 0.275. The maximum Gasteiger partial charge on any atom is 0.185 e. The van der Waals surface area contributed by atoms with E-state index in [0.29, 0.717) is 0 Å². The summed E-state index contributed by atoms with van der Waals surface area (Å²) in [6, 6.07) is 0. The van der Waals surface area contributed by atoms with E-state index in [1.54, 1.807) is 0 Å². The Morgan fingerprint density at radius 3 is 1.20 bits per heavy atom. The molecule has 0 N–H and O–H groups in total. The first-order chi connectivity index (χ1) is 4.15. The third kappa shape index (κ3) is 2.49. The Morgan fingerprint density at radius 2 is 1.20 bits per heavy atom. The molecule has 0 aromatic carbocycles. The minimum Gasteiger partial charge on any atom is -0.223 e. The van der Waals surface area contributed by atoms with E-state index >= 15 is 0 Å².